The molecule has 1 atom stereocenters. The number of fused-ring (bicyclic) bond motifs is 1. The molecule has 3 aromatic rings. The van der Waals surface area contributed by atoms with E-state index in [1.54, 1.807) is 4.68 Å². The summed E-state index contributed by atoms with van der Waals surface area (Å²) in [5.41, 5.74) is 3.99. The monoisotopic (exact) mass is 369 g/mol. The summed E-state index contributed by atoms with van der Waals surface area (Å²) in [5.74, 6) is 0.593. The summed E-state index contributed by atoms with van der Waals surface area (Å²) in [7, 11) is 1.83. The Morgan fingerprint density at radius 3 is 2.81 bits per heavy atom. The first kappa shape index (κ1) is 16.8. The zero-order valence-electron chi connectivity index (χ0n) is 14.7. The largest absolute Gasteiger partial charge is 0.311 e. The van der Waals surface area contributed by atoms with Crippen molar-refractivity contribution in [3.8, 4) is 0 Å². The molecule has 0 aliphatic carbocycles. The molecule has 0 radical (unpaired) electrons. The molecule has 3 heterocycles. The first-order chi connectivity index (χ1) is 12.6. The summed E-state index contributed by atoms with van der Waals surface area (Å²) < 4.78 is 3.51. The van der Waals surface area contributed by atoms with Gasteiger partial charge in [0.1, 0.15) is 11.0 Å². The van der Waals surface area contributed by atoms with Crippen LogP contribution in [-0.4, -0.2) is 25.5 Å². The van der Waals surface area contributed by atoms with Crippen LogP contribution in [0.3, 0.4) is 0 Å². The quantitative estimate of drug-likeness (QED) is 0.767. The van der Waals surface area contributed by atoms with Crippen molar-refractivity contribution in [3.63, 3.8) is 0 Å². The number of amides is 1. The van der Waals surface area contributed by atoms with E-state index in [4.69, 9.17) is 11.6 Å². The number of nitrogens with one attached hydrogen (secondary N) is 1. The van der Waals surface area contributed by atoms with Crippen LogP contribution in [0.25, 0.3) is 0 Å². The van der Waals surface area contributed by atoms with E-state index in [1.807, 2.05) is 55.2 Å². The Labute approximate surface area is 156 Å². The molecule has 6 nitrogen and oxygen atoms in total. The normalized spacial score (nSPS) is 16.4. The maximum absolute atomic E-state index is 12.4. The topological polar surface area (TPSA) is 64.7 Å². The molecule has 1 aromatic carbocycles. The molecule has 1 aliphatic rings. The number of aryl methyl sites for hydroxylation is 2. The van der Waals surface area contributed by atoms with E-state index in [1.165, 1.54) is 0 Å². The molecule has 0 fully saturated rings. The molecule has 134 valence electrons. The van der Waals surface area contributed by atoms with Gasteiger partial charge in [0, 0.05) is 30.5 Å². The van der Waals surface area contributed by atoms with Gasteiger partial charge in [-0.15, -0.1) is 0 Å². The minimum atomic E-state index is -0.126. The lowest BCUT2D eigenvalue weighted by Crippen LogP contribution is -2.25. The smallest absolute Gasteiger partial charge is 0.226 e. The molecule has 0 saturated carbocycles. The third-order valence-corrected chi connectivity index (χ3v) is 5.29. The fourth-order valence-corrected chi connectivity index (χ4v) is 3.86. The molecule has 1 N–H and O–H groups in total. The van der Waals surface area contributed by atoms with E-state index in [9.17, 15) is 4.79 Å². The van der Waals surface area contributed by atoms with E-state index in [0.29, 0.717) is 18.1 Å². The SMILES string of the molecule is CCc1nn(C)c(Cl)c1C1CC(=O)Nc2c1cnn2Cc1ccccc1. The second-order valence-electron chi connectivity index (χ2n) is 6.52. The first-order valence-corrected chi connectivity index (χ1v) is 9.07. The highest BCUT2D eigenvalue weighted by Gasteiger charge is 2.34. The van der Waals surface area contributed by atoms with Crippen molar-refractivity contribution in [1.29, 1.82) is 0 Å². The van der Waals surface area contributed by atoms with Gasteiger partial charge in [0.15, 0.2) is 0 Å². The van der Waals surface area contributed by atoms with Crippen molar-refractivity contribution < 1.29 is 4.79 Å². The van der Waals surface area contributed by atoms with Crippen LogP contribution in [0.5, 0.6) is 0 Å². The molecule has 0 bridgehead atoms. The number of nitrogens with zero attached hydrogens (tertiary/aromatic N) is 4. The van der Waals surface area contributed by atoms with E-state index in [0.717, 1.165) is 34.6 Å². The predicted molar refractivity (Wildman–Crippen MR) is 100 cm³/mol. The van der Waals surface area contributed by atoms with Crippen molar-refractivity contribution in [2.45, 2.75) is 32.2 Å². The number of benzene rings is 1. The van der Waals surface area contributed by atoms with E-state index < -0.39 is 0 Å². The number of halogens is 1. The maximum atomic E-state index is 12.4. The Balaban J connectivity index is 1.77. The number of hydrogen-bond acceptors (Lipinski definition) is 3. The molecule has 0 saturated heterocycles. The lowest BCUT2D eigenvalue weighted by molar-refractivity contribution is -0.116. The summed E-state index contributed by atoms with van der Waals surface area (Å²) in [6, 6.07) is 10.1. The van der Waals surface area contributed by atoms with Gasteiger partial charge >= 0.3 is 0 Å². The number of aromatic nitrogens is 4. The van der Waals surface area contributed by atoms with Crippen molar-refractivity contribution in [2.75, 3.05) is 5.32 Å². The van der Waals surface area contributed by atoms with Crippen molar-refractivity contribution in [3.05, 3.63) is 64.1 Å². The molecule has 1 amide bonds. The van der Waals surface area contributed by atoms with Crippen LogP contribution in [0.4, 0.5) is 5.82 Å². The minimum absolute atomic E-state index is 0.0284. The van der Waals surface area contributed by atoms with Crippen molar-refractivity contribution in [2.24, 2.45) is 7.05 Å². The molecule has 0 spiro atoms. The molecule has 7 heteroatoms. The second kappa shape index (κ2) is 6.61. The average Bonchev–Trinajstić information content (AvgIpc) is 3.16. The van der Waals surface area contributed by atoms with Crippen LogP contribution >= 0.6 is 11.6 Å². The summed E-state index contributed by atoms with van der Waals surface area (Å²) in [4.78, 5) is 12.4. The van der Waals surface area contributed by atoms with Crippen molar-refractivity contribution in [1.82, 2.24) is 19.6 Å². The Morgan fingerprint density at radius 1 is 1.31 bits per heavy atom. The third kappa shape index (κ3) is 2.80. The van der Waals surface area contributed by atoms with Gasteiger partial charge in [-0.3, -0.25) is 9.48 Å². The first-order valence-electron chi connectivity index (χ1n) is 8.69. The second-order valence-corrected chi connectivity index (χ2v) is 6.88. The zero-order chi connectivity index (χ0) is 18.3. The maximum Gasteiger partial charge on any atom is 0.226 e. The van der Waals surface area contributed by atoms with Crippen LogP contribution in [-0.2, 0) is 24.8 Å². The fourth-order valence-electron chi connectivity index (χ4n) is 3.58. The van der Waals surface area contributed by atoms with E-state index in [2.05, 4.69) is 15.5 Å². The van der Waals surface area contributed by atoms with Gasteiger partial charge in [-0.05, 0) is 12.0 Å². The van der Waals surface area contributed by atoms with Gasteiger partial charge in [-0.25, -0.2) is 4.68 Å². The Hall–Kier alpha value is -2.60. The minimum Gasteiger partial charge on any atom is -0.311 e. The van der Waals surface area contributed by atoms with Gasteiger partial charge in [0.2, 0.25) is 5.91 Å². The van der Waals surface area contributed by atoms with Gasteiger partial charge < -0.3 is 5.32 Å². The Bertz CT molecular complexity index is 960. The van der Waals surface area contributed by atoms with Gasteiger partial charge in [-0.2, -0.15) is 10.2 Å². The number of hydrogen-bond donors (Lipinski definition) is 1. The number of carbonyl (C=O) groups is 1. The van der Waals surface area contributed by atoms with Crippen LogP contribution in [0, 0.1) is 0 Å². The lowest BCUT2D eigenvalue weighted by atomic mass is 9.87. The van der Waals surface area contributed by atoms with Crippen LogP contribution in [0.2, 0.25) is 5.15 Å². The summed E-state index contributed by atoms with van der Waals surface area (Å²) >= 11 is 6.52. The highest BCUT2D eigenvalue weighted by molar-refractivity contribution is 6.30. The standard InChI is InChI=1S/C19H20ClN5O/c1-3-15-17(18(20)24(2)23-15)13-9-16(26)22-19-14(13)10-21-25(19)11-12-7-5-4-6-8-12/h4-8,10,13H,3,9,11H2,1-2H3,(H,22,26). The number of anilines is 1. The highest BCUT2D eigenvalue weighted by atomic mass is 35.5. The van der Waals surface area contributed by atoms with Gasteiger partial charge in [0.05, 0.1) is 18.4 Å². The molecule has 26 heavy (non-hydrogen) atoms. The molecule has 1 unspecified atom stereocenters. The predicted octanol–water partition coefficient (Wildman–Crippen LogP) is 3.35. The molecule has 2 aromatic heterocycles. The molecular formula is C19H20ClN5O. The summed E-state index contributed by atoms with van der Waals surface area (Å²) in [5, 5.41) is 12.6. The summed E-state index contributed by atoms with van der Waals surface area (Å²) in [6.07, 6.45) is 2.95. The van der Waals surface area contributed by atoms with E-state index >= 15 is 0 Å². The van der Waals surface area contributed by atoms with Crippen LogP contribution < -0.4 is 5.32 Å². The Morgan fingerprint density at radius 2 is 2.08 bits per heavy atom. The zero-order valence-corrected chi connectivity index (χ0v) is 15.5. The number of rotatable bonds is 4. The highest BCUT2D eigenvalue weighted by Crippen LogP contribution is 2.41. The average molecular weight is 370 g/mol. The Kier molecular flexibility index (Phi) is 4.28. The fraction of sp³-hybridized carbons (Fsp3) is 0.316. The third-order valence-electron chi connectivity index (χ3n) is 4.84. The number of carbonyl (C=O) groups excluding carboxylic acids is 1. The van der Waals surface area contributed by atoms with Crippen LogP contribution in [0.15, 0.2) is 36.5 Å². The molecule has 4 rings (SSSR count). The van der Waals surface area contributed by atoms with Crippen LogP contribution in [0.1, 0.15) is 41.6 Å². The van der Waals surface area contributed by atoms with Gasteiger partial charge in [0.25, 0.3) is 0 Å². The van der Waals surface area contributed by atoms with E-state index in [-0.39, 0.29) is 11.8 Å². The van der Waals surface area contributed by atoms with Gasteiger partial charge in [-0.1, -0.05) is 48.9 Å². The summed E-state index contributed by atoms with van der Waals surface area (Å²) in [6.45, 7) is 2.65. The van der Waals surface area contributed by atoms with Crippen molar-refractivity contribution >= 4 is 23.3 Å². The lowest BCUT2D eigenvalue weighted by Gasteiger charge is -2.24. The molecule has 1 aliphatic heterocycles. The molecular weight excluding hydrogens is 350 g/mol.